The molecular weight excluding hydrogens is 244 g/mol. The second-order valence-corrected chi connectivity index (χ2v) is 3.99. The fourth-order valence-corrected chi connectivity index (χ4v) is 1.78. The van der Waals surface area contributed by atoms with Crippen LogP contribution < -0.4 is 9.47 Å². The third kappa shape index (κ3) is 2.93. The van der Waals surface area contributed by atoms with Crippen molar-refractivity contribution in [2.45, 2.75) is 20.1 Å². The summed E-state index contributed by atoms with van der Waals surface area (Å²) in [4.78, 5) is 14.8. The van der Waals surface area contributed by atoms with Gasteiger partial charge in [0.25, 0.3) is 0 Å². The van der Waals surface area contributed by atoms with Crippen molar-refractivity contribution < 1.29 is 14.3 Å². The highest BCUT2D eigenvalue weighted by molar-refractivity contribution is 5.76. The molecule has 0 radical (unpaired) electrons. The fourth-order valence-electron chi connectivity index (χ4n) is 1.78. The van der Waals surface area contributed by atoms with Crippen molar-refractivity contribution in [3.63, 3.8) is 0 Å². The zero-order chi connectivity index (χ0) is 13.7. The zero-order valence-corrected chi connectivity index (χ0v) is 11.0. The van der Waals surface area contributed by atoms with Crippen LogP contribution in [-0.4, -0.2) is 22.9 Å². The van der Waals surface area contributed by atoms with E-state index in [0.717, 1.165) is 18.5 Å². The number of hydrogen-bond donors (Lipinski definition) is 0. The Morgan fingerprint density at radius 3 is 2.89 bits per heavy atom. The van der Waals surface area contributed by atoms with Gasteiger partial charge in [0, 0.05) is 12.1 Å². The summed E-state index contributed by atoms with van der Waals surface area (Å²) in [5.41, 5.74) is 1.55. The van der Waals surface area contributed by atoms with Crippen LogP contribution in [0.5, 0.6) is 11.5 Å². The molecule has 1 aromatic carbocycles. The van der Waals surface area contributed by atoms with Crippen LogP contribution in [0.25, 0.3) is 0 Å². The Morgan fingerprint density at radius 1 is 1.37 bits per heavy atom. The van der Waals surface area contributed by atoms with Gasteiger partial charge >= 0.3 is 0 Å². The van der Waals surface area contributed by atoms with Crippen molar-refractivity contribution in [1.29, 1.82) is 0 Å². The maximum atomic E-state index is 10.7. The summed E-state index contributed by atoms with van der Waals surface area (Å²) in [7, 11) is 1.55. The fraction of sp³-hybridized carbons (Fsp3) is 0.286. The Balaban J connectivity index is 2.13. The molecule has 0 atom stereocenters. The Bertz CT molecular complexity index is 564. The number of nitrogens with zero attached hydrogens (tertiary/aromatic N) is 2. The van der Waals surface area contributed by atoms with Gasteiger partial charge in [0.15, 0.2) is 11.5 Å². The van der Waals surface area contributed by atoms with Crippen LogP contribution >= 0.6 is 0 Å². The molecule has 0 unspecified atom stereocenters. The molecule has 0 aliphatic heterocycles. The Morgan fingerprint density at radius 2 is 2.21 bits per heavy atom. The molecule has 0 aliphatic carbocycles. The molecule has 5 heteroatoms. The second kappa shape index (κ2) is 6.04. The second-order valence-electron chi connectivity index (χ2n) is 3.99. The summed E-state index contributed by atoms with van der Waals surface area (Å²) < 4.78 is 12.9. The first-order chi connectivity index (χ1) is 9.28. The van der Waals surface area contributed by atoms with Crippen LogP contribution in [-0.2, 0) is 13.2 Å². The van der Waals surface area contributed by atoms with E-state index < -0.39 is 0 Å². The highest BCUT2D eigenvalue weighted by atomic mass is 16.5. The van der Waals surface area contributed by atoms with E-state index in [9.17, 15) is 4.79 Å². The number of ether oxygens (including phenoxy) is 2. The highest BCUT2D eigenvalue weighted by Gasteiger charge is 2.07. The molecule has 2 aromatic rings. The summed E-state index contributed by atoms with van der Waals surface area (Å²) >= 11 is 0. The molecule has 0 N–H and O–H groups in total. The average molecular weight is 260 g/mol. The van der Waals surface area contributed by atoms with Crippen molar-refractivity contribution in [1.82, 2.24) is 9.55 Å². The molecule has 1 aromatic heterocycles. The Labute approximate surface area is 111 Å². The summed E-state index contributed by atoms with van der Waals surface area (Å²) in [6, 6.07) is 5.08. The molecule has 19 heavy (non-hydrogen) atoms. The lowest BCUT2D eigenvalue weighted by molar-refractivity contribution is 0.112. The van der Waals surface area contributed by atoms with Gasteiger partial charge in [-0.05, 0) is 25.1 Å². The summed E-state index contributed by atoms with van der Waals surface area (Å²) in [6.07, 6.45) is 4.32. The van der Waals surface area contributed by atoms with Gasteiger partial charge < -0.3 is 14.0 Å². The van der Waals surface area contributed by atoms with Gasteiger partial charge in [-0.15, -0.1) is 0 Å². The Hall–Kier alpha value is -2.30. The van der Waals surface area contributed by atoms with Crippen molar-refractivity contribution in [2.24, 2.45) is 0 Å². The number of benzene rings is 1. The van der Waals surface area contributed by atoms with Gasteiger partial charge in [0.2, 0.25) is 0 Å². The third-order valence-electron chi connectivity index (χ3n) is 2.84. The van der Waals surface area contributed by atoms with Crippen molar-refractivity contribution >= 4 is 6.29 Å². The van der Waals surface area contributed by atoms with Crippen LogP contribution in [0.4, 0.5) is 0 Å². The number of imidazole rings is 1. The van der Waals surface area contributed by atoms with E-state index in [2.05, 4.69) is 4.98 Å². The first-order valence-corrected chi connectivity index (χ1v) is 6.03. The van der Waals surface area contributed by atoms with Crippen molar-refractivity contribution in [3.05, 3.63) is 42.0 Å². The molecule has 0 amide bonds. The highest BCUT2D eigenvalue weighted by Crippen LogP contribution is 2.28. The van der Waals surface area contributed by atoms with E-state index in [1.807, 2.05) is 11.5 Å². The number of rotatable bonds is 6. The quantitative estimate of drug-likeness (QED) is 0.748. The number of aromatic nitrogens is 2. The molecule has 0 spiro atoms. The smallest absolute Gasteiger partial charge is 0.161 e. The van der Waals surface area contributed by atoms with E-state index in [-0.39, 0.29) is 0 Å². The zero-order valence-electron chi connectivity index (χ0n) is 11.0. The molecule has 0 fully saturated rings. The van der Waals surface area contributed by atoms with E-state index in [4.69, 9.17) is 9.47 Å². The molecule has 0 bridgehead atoms. The molecule has 0 saturated heterocycles. The largest absolute Gasteiger partial charge is 0.493 e. The minimum atomic E-state index is 0.407. The number of methoxy groups -OCH3 is 1. The first-order valence-electron chi connectivity index (χ1n) is 6.03. The number of carbonyl (C=O) groups excluding carboxylic acids is 1. The predicted molar refractivity (Wildman–Crippen MR) is 70.6 cm³/mol. The van der Waals surface area contributed by atoms with E-state index in [1.54, 1.807) is 37.8 Å². The van der Waals surface area contributed by atoms with Crippen LogP contribution in [0.3, 0.4) is 0 Å². The van der Waals surface area contributed by atoms with E-state index in [0.29, 0.717) is 23.7 Å². The van der Waals surface area contributed by atoms with E-state index in [1.165, 1.54) is 0 Å². The number of aryl methyl sites for hydroxylation is 1. The number of carbonyl (C=O) groups is 1. The van der Waals surface area contributed by atoms with Crippen LogP contribution in [0.2, 0.25) is 0 Å². The van der Waals surface area contributed by atoms with Crippen LogP contribution in [0.15, 0.2) is 30.7 Å². The van der Waals surface area contributed by atoms with Gasteiger partial charge in [-0.25, -0.2) is 4.98 Å². The lowest BCUT2D eigenvalue weighted by Crippen LogP contribution is -2.04. The van der Waals surface area contributed by atoms with Gasteiger partial charge in [0.05, 0.1) is 25.3 Å². The SMILES string of the molecule is CCn1cncc1COc1ccc(C=O)cc1OC. The topological polar surface area (TPSA) is 53.4 Å². The molecule has 100 valence electrons. The molecule has 0 aliphatic rings. The monoisotopic (exact) mass is 260 g/mol. The summed E-state index contributed by atoms with van der Waals surface area (Å²) in [5.74, 6) is 1.16. The van der Waals surface area contributed by atoms with Gasteiger partial charge in [-0.1, -0.05) is 0 Å². The maximum Gasteiger partial charge on any atom is 0.161 e. The van der Waals surface area contributed by atoms with Crippen molar-refractivity contribution in [2.75, 3.05) is 7.11 Å². The number of hydrogen-bond acceptors (Lipinski definition) is 4. The van der Waals surface area contributed by atoms with Gasteiger partial charge in [0.1, 0.15) is 12.9 Å². The van der Waals surface area contributed by atoms with Crippen LogP contribution in [0.1, 0.15) is 23.0 Å². The van der Waals surface area contributed by atoms with Crippen LogP contribution in [0, 0.1) is 0 Å². The van der Waals surface area contributed by atoms with Crippen molar-refractivity contribution in [3.8, 4) is 11.5 Å². The lowest BCUT2D eigenvalue weighted by Gasteiger charge is -2.11. The summed E-state index contributed by atoms with van der Waals surface area (Å²) in [6.45, 7) is 3.30. The van der Waals surface area contributed by atoms with Gasteiger partial charge in [-0.2, -0.15) is 0 Å². The molecule has 1 heterocycles. The first kappa shape index (κ1) is 13.1. The van der Waals surface area contributed by atoms with E-state index >= 15 is 0 Å². The molecular formula is C14H16N2O3. The normalized spacial score (nSPS) is 10.2. The summed E-state index contributed by atoms with van der Waals surface area (Å²) in [5, 5.41) is 0. The minimum absolute atomic E-state index is 0.407. The molecule has 2 rings (SSSR count). The molecule has 0 saturated carbocycles. The number of aldehydes is 1. The minimum Gasteiger partial charge on any atom is -0.493 e. The predicted octanol–water partition coefficient (Wildman–Crippen LogP) is 2.30. The lowest BCUT2D eigenvalue weighted by atomic mass is 10.2. The van der Waals surface area contributed by atoms with Gasteiger partial charge in [-0.3, -0.25) is 4.79 Å². The molecule has 5 nitrogen and oxygen atoms in total. The standard InChI is InChI=1S/C14H16N2O3/c1-3-16-10-15-7-12(16)9-19-13-5-4-11(8-17)6-14(13)18-2/h4-8,10H,3,9H2,1-2H3. The Kier molecular flexibility index (Phi) is 4.18. The third-order valence-corrected chi connectivity index (χ3v) is 2.84. The average Bonchev–Trinajstić information content (AvgIpc) is 2.92. The maximum absolute atomic E-state index is 10.7.